The molecule has 1 aliphatic heterocycles. The van der Waals surface area contributed by atoms with Gasteiger partial charge in [-0.25, -0.2) is 0 Å². The first-order chi connectivity index (χ1) is 8.72. The molecule has 102 valence electrons. The average molecular weight is 250 g/mol. The molecule has 0 bridgehead atoms. The van der Waals surface area contributed by atoms with Gasteiger partial charge in [-0.15, -0.1) is 0 Å². The summed E-state index contributed by atoms with van der Waals surface area (Å²) < 4.78 is 0. The van der Waals surface area contributed by atoms with Gasteiger partial charge in [-0.3, -0.25) is 4.79 Å². The van der Waals surface area contributed by atoms with Crippen LogP contribution in [0.5, 0.6) is 0 Å². The predicted molar refractivity (Wildman–Crippen MR) is 72.1 cm³/mol. The summed E-state index contributed by atoms with van der Waals surface area (Å²) in [6.45, 7) is 7.41. The Labute approximate surface area is 110 Å². The van der Waals surface area contributed by atoms with Gasteiger partial charge in [0.15, 0.2) is 0 Å². The number of amides is 1. The molecule has 3 heteroatoms. The van der Waals surface area contributed by atoms with E-state index in [2.05, 4.69) is 24.1 Å². The molecule has 0 radical (unpaired) electrons. The summed E-state index contributed by atoms with van der Waals surface area (Å²) in [6.07, 6.45) is 5.11. The van der Waals surface area contributed by atoms with Gasteiger partial charge in [-0.2, -0.15) is 0 Å². The fourth-order valence-electron chi connectivity index (χ4n) is 4.31. The Balaban J connectivity index is 1.54. The maximum absolute atomic E-state index is 12.5. The van der Waals surface area contributed by atoms with Gasteiger partial charge in [-0.1, -0.05) is 20.3 Å². The van der Waals surface area contributed by atoms with Gasteiger partial charge in [0.05, 0.1) is 0 Å². The molecule has 0 aromatic carbocycles. The lowest BCUT2D eigenvalue weighted by atomic mass is 9.93. The van der Waals surface area contributed by atoms with Crippen LogP contribution in [0.2, 0.25) is 0 Å². The second kappa shape index (κ2) is 4.84. The van der Waals surface area contributed by atoms with E-state index in [1.807, 2.05) is 0 Å². The highest BCUT2D eigenvalue weighted by molar-refractivity contribution is 5.82. The van der Waals surface area contributed by atoms with Crippen LogP contribution in [-0.4, -0.2) is 36.5 Å². The minimum atomic E-state index is 0.418. The van der Waals surface area contributed by atoms with Crippen LogP contribution in [0.1, 0.15) is 39.5 Å². The smallest absolute Gasteiger partial charge is 0.226 e. The molecule has 2 saturated carbocycles. The lowest BCUT2D eigenvalue weighted by Gasteiger charge is -2.37. The van der Waals surface area contributed by atoms with Crippen LogP contribution in [-0.2, 0) is 4.79 Å². The standard InChI is InChI=1S/C15H26N2O/c1-3-16-13-7-8-17(9-10(13)2)15(18)14-11-5-4-6-12(11)14/h10-14,16H,3-9H2,1-2H3. The number of carbonyl (C=O) groups excluding carboxylic acids is 1. The molecule has 0 aromatic rings. The van der Waals surface area contributed by atoms with Crippen molar-refractivity contribution in [2.45, 2.75) is 45.6 Å². The molecule has 4 atom stereocenters. The number of likely N-dealkylation sites (tertiary alicyclic amines) is 1. The summed E-state index contributed by atoms with van der Waals surface area (Å²) in [6, 6.07) is 0.609. The Hall–Kier alpha value is -0.570. The van der Waals surface area contributed by atoms with Crippen LogP contribution in [0.3, 0.4) is 0 Å². The molecule has 4 unspecified atom stereocenters. The predicted octanol–water partition coefficient (Wildman–Crippen LogP) is 1.88. The van der Waals surface area contributed by atoms with E-state index in [0.29, 0.717) is 23.8 Å². The molecule has 18 heavy (non-hydrogen) atoms. The maximum atomic E-state index is 12.5. The fraction of sp³-hybridized carbons (Fsp3) is 0.933. The summed E-state index contributed by atoms with van der Waals surface area (Å²) in [5, 5.41) is 3.54. The van der Waals surface area contributed by atoms with Crippen molar-refractivity contribution in [2.75, 3.05) is 19.6 Å². The maximum Gasteiger partial charge on any atom is 0.226 e. The SMILES string of the molecule is CCNC1CCN(C(=O)C2C3CCCC32)CC1C. The van der Waals surface area contributed by atoms with Crippen molar-refractivity contribution in [3.05, 3.63) is 0 Å². The zero-order valence-electron chi connectivity index (χ0n) is 11.7. The third kappa shape index (κ3) is 2.07. The fourth-order valence-corrected chi connectivity index (χ4v) is 4.31. The first kappa shape index (κ1) is 12.5. The monoisotopic (exact) mass is 250 g/mol. The summed E-state index contributed by atoms with van der Waals surface area (Å²) in [7, 11) is 0. The Kier molecular flexibility index (Phi) is 3.35. The van der Waals surface area contributed by atoms with E-state index in [1.165, 1.54) is 19.3 Å². The van der Waals surface area contributed by atoms with Crippen LogP contribution < -0.4 is 5.32 Å². The number of hydrogen-bond acceptors (Lipinski definition) is 2. The molecule has 3 rings (SSSR count). The molecule has 3 aliphatic rings. The van der Waals surface area contributed by atoms with Gasteiger partial charge >= 0.3 is 0 Å². The lowest BCUT2D eigenvalue weighted by Crippen LogP contribution is -2.50. The molecule has 1 heterocycles. The zero-order valence-corrected chi connectivity index (χ0v) is 11.7. The van der Waals surface area contributed by atoms with Crippen LogP contribution >= 0.6 is 0 Å². The van der Waals surface area contributed by atoms with E-state index in [9.17, 15) is 4.79 Å². The first-order valence-electron chi connectivity index (χ1n) is 7.74. The Bertz CT molecular complexity index is 320. The molecule has 1 amide bonds. The topological polar surface area (TPSA) is 32.3 Å². The van der Waals surface area contributed by atoms with Gasteiger partial charge in [0.1, 0.15) is 0 Å². The number of nitrogens with one attached hydrogen (secondary N) is 1. The Morgan fingerprint density at radius 3 is 2.61 bits per heavy atom. The number of hydrogen-bond donors (Lipinski definition) is 1. The Morgan fingerprint density at radius 2 is 2.00 bits per heavy atom. The van der Waals surface area contributed by atoms with Crippen LogP contribution in [0.25, 0.3) is 0 Å². The van der Waals surface area contributed by atoms with Gasteiger partial charge in [0.25, 0.3) is 0 Å². The third-order valence-corrected chi connectivity index (χ3v) is 5.37. The van der Waals surface area contributed by atoms with Crippen molar-refractivity contribution in [3.63, 3.8) is 0 Å². The van der Waals surface area contributed by atoms with Crippen molar-refractivity contribution in [1.82, 2.24) is 10.2 Å². The zero-order chi connectivity index (χ0) is 12.7. The molecular weight excluding hydrogens is 224 g/mol. The number of nitrogens with zero attached hydrogens (tertiary/aromatic N) is 1. The van der Waals surface area contributed by atoms with E-state index in [4.69, 9.17) is 0 Å². The molecule has 1 N–H and O–H groups in total. The minimum Gasteiger partial charge on any atom is -0.342 e. The van der Waals surface area contributed by atoms with Gasteiger partial charge < -0.3 is 10.2 Å². The van der Waals surface area contributed by atoms with Crippen molar-refractivity contribution in [1.29, 1.82) is 0 Å². The highest BCUT2D eigenvalue weighted by Gasteiger charge is 2.57. The van der Waals surface area contributed by atoms with E-state index >= 15 is 0 Å². The molecule has 0 aromatic heterocycles. The van der Waals surface area contributed by atoms with Gasteiger partial charge in [0.2, 0.25) is 5.91 Å². The second-order valence-corrected chi connectivity index (χ2v) is 6.50. The van der Waals surface area contributed by atoms with Gasteiger partial charge in [0, 0.05) is 25.0 Å². The van der Waals surface area contributed by atoms with E-state index in [1.54, 1.807) is 0 Å². The summed E-state index contributed by atoms with van der Waals surface area (Å²) in [5.74, 6) is 3.02. The minimum absolute atomic E-state index is 0.418. The molecule has 2 aliphatic carbocycles. The van der Waals surface area contributed by atoms with Crippen LogP contribution in [0.15, 0.2) is 0 Å². The average Bonchev–Trinajstić information content (AvgIpc) is 2.84. The van der Waals surface area contributed by atoms with Crippen LogP contribution in [0, 0.1) is 23.7 Å². The van der Waals surface area contributed by atoms with Crippen molar-refractivity contribution in [3.8, 4) is 0 Å². The highest BCUT2D eigenvalue weighted by Crippen LogP contribution is 2.58. The van der Waals surface area contributed by atoms with Crippen molar-refractivity contribution < 1.29 is 4.79 Å². The normalized spacial score (nSPS) is 42.8. The molecule has 1 saturated heterocycles. The van der Waals surface area contributed by atoms with Gasteiger partial charge in [-0.05, 0) is 43.6 Å². The summed E-state index contributed by atoms with van der Waals surface area (Å²) in [4.78, 5) is 14.6. The highest BCUT2D eigenvalue weighted by atomic mass is 16.2. The van der Waals surface area contributed by atoms with E-state index in [-0.39, 0.29) is 0 Å². The number of piperidine rings is 1. The number of rotatable bonds is 3. The molecular formula is C15H26N2O. The van der Waals surface area contributed by atoms with Crippen molar-refractivity contribution in [2.24, 2.45) is 23.7 Å². The largest absolute Gasteiger partial charge is 0.342 e. The number of carbonyl (C=O) groups is 1. The summed E-state index contributed by atoms with van der Waals surface area (Å²) >= 11 is 0. The summed E-state index contributed by atoms with van der Waals surface area (Å²) in [5.41, 5.74) is 0. The van der Waals surface area contributed by atoms with Crippen molar-refractivity contribution >= 4 is 5.91 Å². The molecule has 3 nitrogen and oxygen atoms in total. The van der Waals surface area contributed by atoms with E-state index < -0.39 is 0 Å². The third-order valence-electron chi connectivity index (χ3n) is 5.37. The first-order valence-corrected chi connectivity index (χ1v) is 7.74. The lowest BCUT2D eigenvalue weighted by molar-refractivity contribution is -0.135. The molecule has 0 spiro atoms. The van der Waals surface area contributed by atoms with Crippen LogP contribution in [0.4, 0.5) is 0 Å². The molecule has 3 fully saturated rings. The quantitative estimate of drug-likeness (QED) is 0.829. The second-order valence-electron chi connectivity index (χ2n) is 6.50. The Morgan fingerprint density at radius 1 is 1.28 bits per heavy atom. The number of fused-ring (bicyclic) bond motifs is 1. The van der Waals surface area contributed by atoms with E-state index in [0.717, 1.165) is 37.9 Å².